The van der Waals surface area contributed by atoms with E-state index >= 15 is 0 Å². The van der Waals surface area contributed by atoms with Gasteiger partial charge in [0.2, 0.25) is 5.71 Å². The molecule has 0 aromatic heterocycles. The number of diazo groups is 1. The van der Waals surface area contributed by atoms with Crippen LogP contribution in [0, 0.1) is 10.9 Å². The van der Waals surface area contributed by atoms with Crippen molar-refractivity contribution in [1.29, 1.82) is 10.9 Å². The Kier molecular flexibility index (Phi) is 4.06. The summed E-state index contributed by atoms with van der Waals surface area (Å²) in [6.07, 6.45) is 0. The average molecular weight is 199 g/mol. The Morgan fingerprint density at radius 3 is 2.00 bits per heavy atom. The van der Waals surface area contributed by atoms with Crippen molar-refractivity contribution in [3.8, 4) is 0 Å². The van der Waals surface area contributed by atoms with Crippen LogP contribution in [-0.2, 0) is 9.59 Å². The molecule has 0 spiro atoms. The lowest BCUT2D eigenvalue weighted by Gasteiger charge is -1.91. The molecule has 10 heteroatoms. The summed E-state index contributed by atoms with van der Waals surface area (Å²) in [6, 6.07) is 0. The molecule has 0 saturated heterocycles. The molecular formula is C4H3N6O4+. The first-order valence-electron chi connectivity index (χ1n) is 2.88. The Morgan fingerprint density at radius 2 is 1.71 bits per heavy atom. The second-order valence-corrected chi connectivity index (χ2v) is 1.70. The first-order chi connectivity index (χ1) is 6.54. The summed E-state index contributed by atoms with van der Waals surface area (Å²) in [4.78, 5) is 20.7. The molecule has 0 aliphatic rings. The molecule has 0 aliphatic carbocycles. The summed E-state index contributed by atoms with van der Waals surface area (Å²) < 4.78 is 0. The molecule has 14 heavy (non-hydrogen) atoms. The van der Waals surface area contributed by atoms with Crippen molar-refractivity contribution in [1.82, 2.24) is 0 Å². The van der Waals surface area contributed by atoms with Crippen LogP contribution in [0.5, 0.6) is 0 Å². The molecule has 0 rings (SSSR count). The van der Waals surface area contributed by atoms with E-state index in [2.05, 4.69) is 20.5 Å². The lowest BCUT2D eigenvalue weighted by molar-refractivity contribution is -0.131. The zero-order valence-corrected chi connectivity index (χ0v) is 6.45. The summed E-state index contributed by atoms with van der Waals surface area (Å²) in [5.41, 5.74) is 3.99. The summed E-state index contributed by atoms with van der Waals surface area (Å²) in [5.74, 6) is -3.53. The zero-order chi connectivity index (χ0) is 11.1. The number of aliphatic carboxylic acids is 2. The maximum Gasteiger partial charge on any atom is 0.364 e. The van der Waals surface area contributed by atoms with Gasteiger partial charge in [-0.1, -0.05) is 5.22 Å². The number of carbonyl (C=O) groups is 2. The van der Waals surface area contributed by atoms with Crippen LogP contribution in [0.3, 0.4) is 0 Å². The van der Waals surface area contributed by atoms with E-state index in [4.69, 9.17) is 21.1 Å². The molecule has 0 saturated carbocycles. The normalized spacial score (nSPS) is 11.6. The smallest absolute Gasteiger partial charge is 0.364 e. The van der Waals surface area contributed by atoms with Crippen LogP contribution in [0.4, 0.5) is 0 Å². The van der Waals surface area contributed by atoms with E-state index in [1.54, 1.807) is 0 Å². The van der Waals surface area contributed by atoms with Crippen molar-refractivity contribution in [3.63, 3.8) is 0 Å². The second-order valence-electron chi connectivity index (χ2n) is 1.70. The largest absolute Gasteiger partial charge is 0.476 e. The average Bonchev–Trinajstić information content (AvgIpc) is 2.10. The highest BCUT2D eigenvalue weighted by Crippen LogP contribution is 1.90. The number of carboxylic acids is 2. The predicted molar refractivity (Wildman–Crippen MR) is 40.4 cm³/mol. The molecule has 0 bridgehead atoms. The minimum atomic E-state index is -1.77. The predicted octanol–water partition coefficient (Wildman–Crippen LogP) is -0.248. The van der Waals surface area contributed by atoms with Gasteiger partial charge in [0.05, 0.1) is 0 Å². The maximum absolute atomic E-state index is 10.4. The molecule has 0 fully saturated rings. The Hall–Kier alpha value is -2.70. The number of carboxylic acid groups (broad SMARTS) is 2. The second kappa shape index (κ2) is 5.04. The van der Waals surface area contributed by atoms with Gasteiger partial charge in [-0.2, -0.15) is 5.53 Å². The molecule has 3 N–H and O–H groups in total. The number of rotatable bonds is 4. The fraction of sp³-hybridized carbons (Fsp3) is 0. The van der Waals surface area contributed by atoms with Crippen molar-refractivity contribution < 1.29 is 19.8 Å². The first-order valence-corrected chi connectivity index (χ1v) is 2.88. The van der Waals surface area contributed by atoms with E-state index in [0.29, 0.717) is 0 Å². The highest BCUT2D eigenvalue weighted by atomic mass is 16.4. The third kappa shape index (κ3) is 2.74. The monoisotopic (exact) mass is 199 g/mol. The van der Waals surface area contributed by atoms with E-state index < -0.39 is 23.4 Å². The highest BCUT2D eigenvalue weighted by Gasteiger charge is 2.28. The Morgan fingerprint density at radius 1 is 1.21 bits per heavy atom. The van der Waals surface area contributed by atoms with Gasteiger partial charge in [0.25, 0.3) is 11.1 Å². The highest BCUT2D eigenvalue weighted by molar-refractivity contribution is 6.78. The van der Waals surface area contributed by atoms with Gasteiger partial charge in [-0.15, -0.1) is 5.10 Å². The van der Waals surface area contributed by atoms with Gasteiger partial charge < -0.3 is 10.2 Å². The van der Waals surface area contributed by atoms with E-state index in [1.807, 2.05) is 0 Å². The standard InChI is InChI=1S/C4H2N6O4/c5-9-7-1(3(11)12)2(4(13)14)8-10-6/h5H,(H-,11,12,13,14)/p+1. The Balaban J connectivity index is 5.39. The van der Waals surface area contributed by atoms with E-state index in [0.717, 1.165) is 0 Å². The van der Waals surface area contributed by atoms with Crippen LogP contribution >= 0.6 is 0 Å². The molecular weight excluding hydrogens is 196 g/mol. The van der Waals surface area contributed by atoms with Crippen molar-refractivity contribution in [2.24, 2.45) is 15.4 Å². The lowest BCUT2D eigenvalue weighted by Crippen LogP contribution is -2.30. The van der Waals surface area contributed by atoms with Crippen molar-refractivity contribution in [2.45, 2.75) is 0 Å². The Labute approximate surface area is 75.7 Å². The quantitative estimate of drug-likeness (QED) is 0.245. The Bertz CT molecular complexity index is 376. The number of nitrogens with zero attached hydrogens (tertiary/aromatic N) is 5. The van der Waals surface area contributed by atoms with Crippen LogP contribution in [0.1, 0.15) is 0 Å². The van der Waals surface area contributed by atoms with Gasteiger partial charge in [-0.05, 0) is 0 Å². The van der Waals surface area contributed by atoms with Gasteiger partial charge in [-0.3, -0.25) is 0 Å². The molecule has 72 valence electrons. The molecule has 0 aliphatic heterocycles. The zero-order valence-electron chi connectivity index (χ0n) is 6.45. The summed E-state index contributed by atoms with van der Waals surface area (Å²) in [5, 5.41) is 34.5. The van der Waals surface area contributed by atoms with Crippen LogP contribution in [-0.4, -0.2) is 33.6 Å². The summed E-state index contributed by atoms with van der Waals surface area (Å²) in [7, 11) is 0. The number of nitrogens with one attached hydrogen (secondary N) is 1. The van der Waals surface area contributed by atoms with Crippen molar-refractivity contribution >= 4 is 23.4 Å². The van der Waals surface area contributed by atoms with Crippen molar-refractivity contribution in [2.75, 3.05) is 0 Å². The molecule has 0 aromatic carbocycles. The molecule has 10 nitrogen and oxygen atoms in total. The SMILES string of the molecule is N#[N+]N=C(C(=O)O)C(=NN=N)C(=O)O. The third-order valence-corrected chi connectivity index (χ3v) is 0.924. The molecule has 0 heterocycles. The summed E-state index contributed by atoms with van der Waals surface area (Å²) >= 11 is 0. The van der Waals surface area contributed by atoms with Crippen LogP contribution < -0.4 is 0 Å². The minimum absolute atomic E-state index is 1.11. The van der Waals surface area contributed by atoms with Crippen molar-refractivity contribution in [3.05, 3.63) is 5.08 Å². The van der Waals surface area contributed by atoms with Crippen LogP contribution in [0.15, 0.2) is 15.4 Å². The number of hydrogen-bond acceptors (Lipinski definition) is 6. The molecule has 0 amide bonds. The van der Waals surface area contributed by atoms with Gasteiger partial charge in [0.15, 0.2) is 5.10 Å². The van der Waals surface area contributed by atoms with Gasteiger partial charge in [-0.25, -0.2) is 9.59 Å². The fourth-order valence-electron chi connectivity index (χ4n) is 0.478. The molecule has 0 atom stereocenters. The van der Waals surface area contributed by atoms with Crippen LogP contribution in [0.25, 0.3) is 5.08 Å². The van der Waals surface area contributed by atoms with Gasteiger partial charge in [0, 0.05) is 0 Å². The van der Waals surface area contributed by atoms with Gasteiger partial charge >= 0.3 is 17.0 Å². The molecule has 0 unspecified atom stereocenters. The number of hydrogen-bond donors (Lipinski definition) is 3. The first kappa shape index (κ1) is 11.3. The summed E-state index contributed by atoms with van der Waals surface area (Å²) in [6.45, 7) is 0. The molecule has 0 radical (unpaired) electrons. The van der Waals surface area contributed by atoms with E-state index in [9.17, 15) is 9.59 Å². The van der Waals surface area contributed by atoms with Crippen LogP contribution in [0.2, 0.25) is 0 Å². The van der Waals surface area contributed by atoms with Gasteiger partial charge in [0.1, 0.15) is 0 Å². The maximum atomic E-state index is 10.4. The lowest BCUT2D eigenvalue weighted by atomic mass is 10.2. The fourth-order valence-corrected chi connectivity index (χ4v) is 0.478. The van der Waals surface area contributed by atoms with E-state index in [-0.39, 0.29) is 0 Å². The third-order valence-electron chi connectivity index (χ3n) is 0.924. The minimum Gasteiger partial charge on any atom is -0.476 e. The molecule has 0 aromatic rings. The van der Waals surface area contributed by atoms with E-state index in [1.165, 1.54) is 0 Å². The topological polar surface area (TPSA) is 164 Å².